The van der Waals surface area contributed by atoms with E-state index in [1.807, 2.05) is 0 Å². The molecule has 0 aliphatic carbocycles. The maximum atomic E-state index is 13.4. The highest BCUT2D eigenvalue weighted by Gasteiger charge is 2.37. The Morgan fingerprint density at radius 3 is 2.45 bits per heavy atom. The standard InChI is InChI=1S/C21H20F3NO5S/c1-28-15-6-4-5-12(18(15)30-3)19-13-9-11(21(22,23)24)7-8-14(13)25-20(27)16(31-19)10-17(26)29-2/h4-9,16,19H,10H2,1-3H3,(H,25,27). The summed E-state index contributed by atoms with van der Waals surface area (Å²) in [5.41, 5.74) is 0.137. The van der Waals surface area contributed by atoms with Crippen molar-refractivity contribution in [2.45, 2.75) is 23.1 Å². The number of carbonyl (C=O) groups excluding carboxylic acids is 2. The number of rotatable bonds is 5. The molecule has 2 atom stereocenters. The van der Waals surface area contributed by atoms with Crippen molar-refractivity contribution in [3.05, 3.63) is 53.1 Å². The minimum atomic E-state index is -4.57. The van der Waals surface area contributed by atoms with E-state index in [1.54, 1.807) is 18.2 Å². The lowest BCUT2D eigenvalue weighted by atomic mass is 9.98. The third-order valence-corrected chi connectivity index (χ3v) is 6.30. The summed E-state index contributed by atoms with van der Waals surface area (Å²) in [6, 6.07) is 8.16. The topological polar surface area (TPSA) is 73.9 Å². The first-order chi connectivity index (χ1) is 14.7. The first kappa shape index (κ1) is 22.8. The summed E-state index contributed by atoms with van der Waals surface area (Å²) in [6.07, 6.45) is -4.81. The van der Waals surface area contributed by atoms with E-state index in [2.05, 4.69) is 10.1 Å². The molecule has 2 unspecified atom stereocenters. The number of hydrogen-bond donors (Lipinski definition) is 1. The van der Waals surface area contributed by atoms with Gasteiger partial charge in [-0.15, -0.1) is 11.8 Å². The molecule has 1 N–H and O–H groups in total. The van der Waals surface area contributed by atoms with Crippen molar-refractivity contribution in [2.75, 3.05) is 26.6 Å². The van der Waals surface area contributed by atoms with Crippen molar-refractivity contribution in [3.8, 4) is 11.5 Å². The van der Waals surface area contributed by atoms with E-state index in [1.165, 1.54) is 27.4 Å². The number of benzene rings is 2. The SMILES string of the molecule is COC(=O)CC1SC(c2cccc(OC)c2OC)c2cc(C(F)(F)F)ccc2NC1=O. The van der Waals surface area contributed by atoms with Gasteiger partial charge in [-0.3, -0.25) is 9.59 Å². The normalized spacial score (nSPS) is 18.5. The summed E-state index contributed by atoms with van der Waals surface area (Å²) in [4.78, 5) is 24.6. The van der Waals surface area contributed by atoms with Crippen LogP contribution in [0.25, 0.3) is 0 Å². The Morgan fingerprint density at radius 2 is 1.84 bits per heavy atom. The van der Waals surface area contributed by atoms with Crippen LogP contribution in [-0.2, 0) is 20.5 Å². The number of methoxy groups -OCH3 is 3. The van der Waals surface area contributed by atoms with Crippen LogP contribution < -0.4 is 14.8 Å². The Labute approximate surface area is 181 Å². The van der Waals surface area contributed by atoms with Gasteiger partial charge in [-0.25, -0.2) is 0 Å². The van der Waals surface area contributed by atoms with Crippen LogP contribution in [0.1, 0.15) is 28.4 Å². The van der Waals surface area contributed by atoms with E-state index in [0.717, 1.165) is 23.9 Å². The minimum absolute atomic E-state index is 0.229. The number of halogens is 3. The summed E-state index contributed by atoms with van der Waals surface area (Å²) < 4.78 is 55.8. The zero-order valence-corrected chi connectivity index (χ0v) is 17.7. The molecule has 1 aliphatic heterocycles. The zero-order chi connectivity index (χ0) is 22.8. The molecule has 0 bridgehead atoms. The molecular weight excluding hydrogens is 435 g/mol. The maximum Gasteiger partial charge on any atom is 0.416 e. The predicted octanol–water partition coefficient (Wildman–Crippen LogP) is 4.43. The fourth-order valence-electron chi connectivity index (χ4n) is 3.32. The van der Waals surface area contributed by atoms with E-state index in [4.69, 9.17) is 9.47 Å². The third kappa shape index (κ3) is 4.73. The Hall–Kier alpha value is -2.88. The average Bonchev–Trinajstić information content (AvgIpc) is 2.88. The zero-order valence-electron chi connectivity index (χ0n) is 16.9. The van der Waals surface area contributed by atoms with E-state index in [0.29, 0.717) is 17.1 Å². The molecule has 0 saturated carbocycles. The van der Waals surface area contributed by atoms with Gasteiger partial charge in [0.05, 0.1) is 43.8 Å². The first-order valence-corrected chi connectivity index (χ1v) is 10.1. The summed E-state index contributed by atoms with van der Waals surface area (Å²) >= 11 is 1.05. The second kappa shape index (κ2) is 9.09. The monoisotopic (exact) mass is 455 g/mol. The third-order valence-electron chi connectivity index (χ3n) is 4.81. The molecule has 0 aromatic heterocycles. The highest BCUT2D eigenvalue weighted by molar-refractivity contribution is 8.01. The molecule has 10 heteroatoms. The van der Waals surface area contributed by atoms with Gasteiger partial charge < -0.3 is 19.5 Å². The lowest BCUT2D eigenvalue weighted by molar-refractivity contribution is -0.141. The largest absolute Gasteiger partial charge is 0.493 e. The number of thioether (sulfide) groups is 1. The fourth-order valence-corrected chi connectivity index (χ4v) is 4.73. The van der Waals surface area contributed by atoms with Gasteiger partial charge >= 0.3 is 12.1 Å². The van der Waals surface area contributed by atoms with Gasteiger partial charge in [-0.2, -0.15) is 13.2 Å². The van der Waals surface area contributed by atoms with Gasteiger partial charge in [-0.05, 0) is 29.8 Å². The van der Waals surface area contributed by atoms with Crippen LogP contribution in [0.15, 0.2) is 36.4 Å². The second-order valence-corrected chi connectivity index (χ2v) is 7.97. The molecule has 166 valence electrons. The van der Waals surface area contributed by atoms with Crippen LogP contribution >= 0.6 is 11.8 Å². The molecule has 0 saturated heterocycles. The van der Waals surface area contributed by atoms with Gasteiger partial charge in [0.25, 0.3) is 0 Å². The number of para-hydroxylation sites is 1. The van der Waals surface area contributed by atoms with Crippen molar-refractivity contribution in [1.82, 2.24) is 0 Å². The maximum absolute atomic E-state index is 13.4. The Morgan fingerprint density at radius 1 is 1.10 bits per heavy atom. The van der Waals surface area contributed by atoms with E-state index in [9.17, 15) is 22.8 Å². The Balaban J connectivity index is 2.20. The molecule has 1 heterocycles. The molecule has 0 spiro atoms. The molecule has 2 aromatic rings. The Bertz CT molecular complexity index is 995. The average molecular weight is 455 g/mol. The molecule has 1 aliphatic rings. The van der Waals surface area contributed by atoms with Crippen LogP contribution in [-0.4, -0.2) is 38.5 Å². The molecular formula is C21H20F3NO5S. The van der Waals surface area contributed by atoms with Gasteiger partial charge in [0.1, 0.15) is 0 Å². The highest BCUT2D eigenvalue weighted by Crippen LogP contribution is 2.50. The van der Waals surface area contributed by atoms with Gasteiger partial charge in [0.2, 0.25) is 5.91 Å². The number of anilines is 1. The van der Waals surface area contributed by atoms with Gasteiger partial charge in [-0.1, -0.05) is 12.1 Å². The lowest BCUT2D eigenvalue weighted by Crippen LogP contribution is -2.27. The number of amides is 1. The lowest BCUT2D eigenvalue weighted by Gasteiger charge is -2.23. The molecule has 2 aromatic carbocycles. The minimum Gasteiger partial charge on any atom is -0.493 e. The number of fused-ring (bicyclic) bond motifs is 1. The molecule has 0 fully saturated rings. The van der Waals surface area contributed by atoms with E-state index < -0.39 is 34.1 Å². The Kier molecular flexibility index (Phi) is 6.68. The molecule has 0 radical (unpaired) electrons. The van der Waals surface area contributed by atoms with Crippen LogP contribution in [0.5, 0.6) is 11.5 Å². The van der Waals surface area contributed by atoms with Crippen molar-refractivity contribution < 1.29 is 37.0 Å². The number of nitrogens with one attached hydrogen (secondary N) is 1. The smallest absolute Gasteiger partial charge is 0.416 e. The molecule has 31 heavy (non-hydrogen) atoms. The predicted molar refractivity (Wildman–Crippen MR) is 109 cm³/mol. The van der Waals surface area contributed by atoms with Crippen molar-refractivity contribution in [2.24, 2.45) is 0 Å². The summed E-state index contributed by atoms with van der Waals surface area (Å²) in [5, 5.41) is 0.992. The van der Waals surface area contributed by atoms with Gasteiger partial charge in [0, 0.05) is 11.3 Å². The first-order valence-electron chi connectivity index (χ1n) is 9.14. The number of alkyl halides is 3. The van der Waals surface area contributed by atoms with Crippen LogP contribution in [0.4, 0.5) is 18.9 Å². The number of ether oxygens (including phenoxy) is 3. The number of hydrogen-bond acceptors (Lipinski definition) is 6. The number of carbonyl (C=O) groups is 2. The van der Waals surface area contributed by atoms with Crippen LogP contribution in [0, 0.1) is 0 Å². The summed E-state index contributed by atoms with van der Waals surface area (Å²) in [5.74, 6) is -0.383. The second-order valence-electron chi connectivity index (χ2n) is 6.66. The molecule has 6 nitrogen and oxygen atoms in total. The summed E-state index contributed by atoms with van der Waals surface area (Å²) in [6.45, 7) is 0. The van der Waals surface area contributed by atoms with Crippen LogP contribution in [0.2, 0.25) is 0 Å². The fraction of sp³-hybridized carbons (Fsp3) is 0.333. The molecule has 3 rings (SSSR count). The highest BCUT2D eigenvalue weighted by atomic mass is 32.2. The van der Waals surface area contributed by atoms with Gasteiger partial charge in [0.15, 0.2) is 11.5 Å². The van der Waals surface area contributed by atoms with E-state index in [-0.39, 0.29) is 17.7 Å². The van der Waals surface area contributed by atoms with Crippen molar-refractivity contribution in [3.63, 3.8) is 0 Å². The number of esters is 1. The van der Waals surface area contributed by atoms with Crippen LogP contribution in [0.3, 0.4) is 0 Å². The molecule has 1 amide bonds. The van der Waals surface area contributed by atoms with Crippen molar-refractivity contribution in [1.29, 1.82) is 0 Å². The summed E-state index contributed by atoms with van der Waals surface area (Å²) in [7, 11) is 4.07. The van der Waals surface area contributed by atoms with E-state index >= 15 is 0 Å². The quantitative estimate of drug-likeness (QED) is 0.673. The van der Waals surface area contributed by atoms with Crippen molar-refractivity contribution >= 4 is 29.3 Å².